The highest BCUT2D eigenvalue weighted by Crippen LogP contribution is 2.41. The Balaban J connectivity index is 2.43. The second-order valence-electron chi connectivity index (χ2n) is 5.68. The monoisotopic (exact) mass is 261 g/mol. The fraction of sp³-hybridized carbons (Fsp3) is 0.562. The smallest absolute Gasteiger partial charge is 0.315 e. The third kappa shape index (κ3) is 2.52. The van der Waals surface area contributed by atoms with Gasteiger partial charge in [-0.15, -0.1) is 0 Å². The summed E-state index contributed by atoms with van der Waals surface area (Å²) in [7, 11) is 0. The summed E-state index contributed by atoms with van der Waals surface area (Å²) in [6, 6.07) is 7.83. The first kappa shape index (κ1) is 14.1. The van der Waals surface area contributed by atoms with E-state index in [9.17, 15) is 9.90 Å². The summed E-state index contributed by atoms with van der Waals surface area (Å²) in [6.07, 6.45) is 5.39. The molecule has 1 unspecified atom stereocenters. The maximum absolute atomic E-state index is 12.0. The van der Waals surface area contributed by atoms with E-state index in [0.29, 0.717) is 0 Å². The Bertz CT molecular complexity index is 435. The minimum Gasteiger partial charge on any atom is -0.481 e. The van der Waals surface area contributed by atoms with E-state index in [4.69, 9.17) is 5.73 Å². The van der Waals surface area contributed by atoms with E-state index in [1.165, 1.54) is 6.42 Å². The van der Waals surface area contributed by atoms with Crippen LogP contribution in [0.5, 0.6) is 0 Å². The van der Waals surface area contributed by atoms with Gasteiger partial charge in [0.1, 0.15) is 5.41 Å². The lowest BCUT2D eigenvalue weighted by atomic mass is 9.65. The van der Waals surface area contributed by atoms with Crippen molar-refractivity contribution in [2.24, 2.45) is 11.7 Å². The van der Waals surface area contributed by atoms with E-state index in [2.05, 4.69) is 0 Å². The van der Waals surface area contributed by atoms with Crippen molar-refractivity contribution in [1.29, 1.82) is 0 Å². The highest BCUT2D eigenvalue weighted by molar-refractivity contribution is 5.82. The van der Waals surface area contributed by atoms with Gasteiger partial charge in [-0.25, -0.2) is 0 Å². The molecule has 1 aliphatic carbocycles. The third-order valence-electron chi connectivity index (χ3n) is 4.57. The van der Waals surface area contributed by atoms with Crippen molar-refractivity contribution in [1.82, 2.24) is 0 Å². The van der Waals surface area contributed by atoms with E-state index in [1.807, 2.05) is 31.2 Å². The minimum absolute atomic E-state index is 0.159. The van der Waals surface area contributed by atoms with Gasteiger partial charge in [0.05, 0.1) is 0 Å². The Morgan fingerprint density at radius 3 is 2.32 bits per heavy atom. The topological polar surface area (TPSA) is 63.3 Å². The molecule has 1 aliphatic rings. The van der Waals surface area contributed by atoms with Crippen LogP contribution >= 0.6 is 0 Å². The van der Waals surface area contributed by atoms with Crippen LogP contribution in [-0.4, -0.2) is 17.6 Å². The predicted octanol–water partition coefficient (Wildman–Crippen LogP) is 2.86. The molecule has 0 spiro atoms. The molecule has 19 heavy (non-hydrogen) atoms. The molecule has 1 aromatic rings. The fourth-order valence-electron chi connectivity index (χ4n) is 3.35. The summed E-state index contributed by atoms with van der Waals surface area (Å²) < 4.78 is 0. The standard InChI is InChI=1S/C16H23NO2/c1-12-7-9-14(10-8-12)16(11-17,15(18)19)13-5-3-2-4-6-13/h7-10,13H,2-6,11,17H2,1H3,(H,18,19). The van der Waals surface area contributed by atoms with Gasteiger partial charge in [-0.3, -0.25) is 4.79 Å². The normalized spacial score (nSPS) is 19.9. The van der Waals surface area contributed by atoms with Crippen LogP contribution < -0.4 is 5.73 Å². The average molecular weight is 261 g/mol. The fourth-order valence-corrected chi connectivity index (χ4v) is 3.35. The van der Waals surface area contributed by atoms with Crippen molar-refractivity contribution in [3.05, 3.63) is 35.4 Å². The van der Waals surface area contributed by atoms with E-state index in [-0.39, 0.29) is 12.5 Å². The Kier molecular flexibility index (Phi) is 4.25. The Morgan fingerprint density at radius 1 is 1.26 bits per heavy atom. The number of hydrogen-bond acceptors (Lipinski definition) is 2. The molecule has 3 nitrogen and oxygen atoms in total. The van der Waals surface area contributed by atoms with Gasteiger partial charge in [0, 0.05) is 6.54 Å². The second kappa shape index (κ2) is 5.74. The SMILES string of the molecule is Cc1ccc(C(CN)(C(=O)O)C2CCCCC2)cc1. The van der Waals surface area contributed by atoms with E-state index >= 15 is 0 Å². The number of benzene rings is 1. The number of carbonyl (C=O) groups is 1. The van der Waals surface area contributed by atoms with Crippen LogP contribution in [0.3, 0.4) is 0 Å². The van der Waals surface area contributed by atoms with Crippen LogP contribution in [0, 0.1) is 12.8 Å². The van der Waals surface area contributed by atoms with Crippen LogP contribution in [0.1, 0.15) is 43.2 Å². The molecule has 0 radical (unpaired) electrons. The largest absolute Gasteiger partial charge is 0.481 e. The Labute approximate surface area is 114 Å². The molecule has 0 amide bonds. The number of carboxylic acid groups (broad SMARTS) is 1. The van der Waals surface area contributed by atoms with Gasteiger partial charge in [-0.2, -0.15) is 0 Å². The molecule has 1 fully saturated rings. The summed E-state index contributed by atoms with van der Waals surface area (Å²) in [5.41, 5.74) is 7.02. The van der Waals surface area contributed by atoms with Crippen molar-refractivity contribution in [3.8, 4) is 0 Å². The lowest BCUT2D eigenvalue weighted by molar-refractivity contribution is -0.146. The van der Waals surface area contributed by atoms with Crippen LogP contribution in [0.4, 0.5) is 0 Å². The number of aliphatic carboxylic acids is 1. The van der Waals surface area contributed by atoms with E-state index in [0.717, 1.165) is 36.8 Å². The van der Waals surface area contributed by atoms with E-state index in [1.54, 1.807) is 0 Å². The zero-order valence-electron chi connectivity index (χ0n) is 11.6. The Morgan fingerprint density at radius 2 is 1.84 bits per heavy atom. The number of carboxylic acids is 1. The zero-order valence-corrected chi connectivity index (χ0v) is 11.6. The molecule has 3 N–H and O–H groups in total. The minimum atomic E-state index is -0.909. The van der Waals surface area contributed by atoms with Crippen molar-refractivity contribution in [3.63, 3.8) is 0 Å². The first-order valence-corrected chi connectivity index (χ1v) is 7.12. The second-order valence-corrected chi connectivity index (χ2v) is 5.68. The quantitative estimate of drug-likeness (QED) is 0.876. The first-order chi connectivity index (χ1) is 9.11. The molecule has 1 saturated carbocycles. The average Bonchev–Trinajstić information content (AvgIpc) is 2.43. The molecule has 0 bridgehead atoms. The summed E-state index contributed by atoms with van der Waals surface area (Å²) in [6.45, 7) is 2.19. The third-order valence-corrected chi connectivity index (χ3v) is 4.57. The highest BCUT2D eigenvalue weighted by Gasteiger charge is 2.46. The molecule has 0 heterocycles. The first-order valence-electron chi connectivity index (χ1n) is 7.12. The number of nitrogens with two attached hydrogens (primary N) is 1. The van der Waals surface area contributed by atoms with Crippen LogP contribution in [0.15, 0.2) is 24.3 Å². The summed E-state index contributed by atoms with van der Waals surface area (Å²) in [4.78, 5) is 12.0. The lowest BCUT2D eigenvalue weighted by Crippen LogP contribution is -2.49. The van der Waals surface area contributed by atoms with Gasteiger partial charge in [0.15, 0.2) is 0 Å². The predicted molar refractivity (Wildman–Crippen MR) is 76.1 cm³/mol. The van der Waals surface area contributed by atoms with Gasteiger partial charge in [0.25, 0.3) is 0 Å². The molecular formula is C16H23NO2. The van der Waals surface area contributed by atoms with Gasteiger partial charge in [0.2, 0.25) is 0 Å². The molecular weight excluding hydrogens is 238 g/mol. The van der Waals surface area contributed by atoms with Gasteiger partial charge < -0.3 is 10.8 Å². The van der Waals surface area contributed by atoms with Crippen molar-refractivity contribution in [2.75, 3.05) is 6.54 Å². The van der Waals surface area contributed by atoms with Crippen molar-refractivity contribution in [2.45, 2.75) is 44.4 Å². The van der Waals surface area contributed by atoms with Crippen LogP contribution in [0.2, 0.25) is 0 Å². The summed E-state index contributed by atoms with van der Waals surface area (Å²) in [5.74, 6) is -0.614. The van der Waals surface area contributed by atoms with Crippen LogP contribution in [-0.2, 0) is 10.2 Å². The number of aryl methyl sites for hydroxylation is 1. The number of hydrogen-bond donors (Lipinski definition) is 2. The molecule has 0 saturated heterocycles. The summed E-state index contributed by atoms with van der Waals surface area (Å²) in [5, 5.41) is 9.82. The van der Waals surface area contributed by atoms with Crippen LogP contribution in [0.25, 0.3) is 0 Å². The lowest BCUT2D eigenvalue weighted by Gasteiger charge is -2.39. The van der Waals surface area contributed by atoms with Gasteiger partial charge in [-0.05, 0) is 31.2 Å². The molecule has 1 atom stereocenters. The molecule has 0 aromatic heterocycles. The van der Waals surface area contributed by atoms with E-state index < -0.39 is 11.4 Å². The molecule has 0 aliphatic heterocycles. The molecule has 104 valence electrons. The van der Waals surface area contributed by atoms with Gasteiger partial charge >= 0.3 is 5.97 Å². The maximum atomic E-state index is 12.0. The number of rotatable bonds is 4. The maximum Gasteiger partial charge on any atom is 0.315 e. The van der Waals surface area contributed by atoms with Gasteiger partial charge in [-0.1, -0.05) is 49.1 Å². The molecule has 3 heteroatoms. The molecule has 2 rings (SSSR count). The Hall–Kier alpha value is -1.35. The highest BCUT2D eigenvalue weighted by atomic mass is 16.4. The zero-order chi connectivity index (χ0) is 13.9. The van der Waals surface area contributed by atoms with Crippen molar-refractivity contribution >= 4 is 5.97 Å². The molecule has 1 aromatic carbocycles. The summed E-state index contributed by atoms with van der Waals surface area (Å²) >= 11 is 0. The van der Waals surface area contributed by atoms with Crippen molar-refractivity contribution < 1.29 is 9.90 Å².